The molecule has 1 saturated carbocycles. The molecular formula is C17H27NO. The molecule has 19 heavy (non-hydrogen) atoms. The molecule has 0 aromatic heterocycles. The van der Waals surface area contributed by atoms with Crippen molar-refractivity contribution in [2.24, 2.45) is 5.92 Å². The summed E-state index contributed by atoms with van der Waals surface area (Å²) in [4.78, 5) is 0. The average molecular weight is 261 g/mol. The van der Waals surface area contributed by atoms with Crippen LogP contribution in [0.15, 0.2) is 24.3 Å². The fraction of sp³-hybridized carbons (Fsp3) is 0.647. The van der Waals surface area contributed by atoms with Gasteiger partial charge in [0.2, 0.25) is 0 Å². The maximum atomic E-state index is 9.38. The Bertz CT molecular complexity index is 377. The molecule has 0 amide bonds. The van der Waals surface area contributed by atoms with E-state index in [4.69, 9.17) is 0 Å². The maximum Gasteiger partial charge on any atom is 0.0701 e. The third-order valence-corrected chi connectivity index (χ3v) is 4.33. The normalized spacial score (nSPS) is 23.9. The predicted octanol–water partition coefficient (Wildman–Crippen LogP) is 4.34. The first-order valence-corrected chi connectivity index (χ1v) is 7.78. The Balaban J connectivity index is 1.92. The lowest BCUT2D eigenvalue weighted by Gasteiger charge is -2.20. The van der Waals surface area contributed by atoms with E-state index >= 15 is 0 Å². The van der Waals surface area contributed by atoms with Gasteiger partial charge in [-0.3, -0.25) is 0 Å². The molecule has 0 spiro atoms. The van der Waals surface area contributed by atoms with Crippen LogP contribution < -0.4 is 5.32 Å². The van der Waals surface area contributed by atoms with Gasteiger partial charge < -0.3 is 10.4 Å². The summed E-state index contributed by atoms with van der Waals surface area (Å²) >= 11 is 0. The lowest BCUT2D eigenvalue weighted by atomic mass is 9.95. The van der Waals surface area contributed by atoms with Crippen LogP contribution in [0.5, 0.6) is 0 Å². The van der Waals surface area contributed by atoms with E-state index in [-0.39, 0.29) is 6.61 Å². The minimum atomic E-state index is 0.119. The second kappa shape index (κ2) is 7.54. The zero-order valence-corrected chi connectivity index (χ0v) is 12.1. The van der Waals surface area contributed by atoms with E-state index in [1.54, 1.807) is 0 Å². The minimum Gasteiger partial charge on any atom is -0.392 e. The van der Waals surface area contributed by atoms with E-state index in [9.17, 15) is 5.11 Å². The van der Waals surface area contributed by atoms with Gasteiger partial charge in [-0.15, -0.1) is 0 Å². The number of benzene rings is 1. The molecule has 1 aliphatic carbocycles. The van der Waals surface area contributed by atoms with E-state index in [1.807, 2.05) is 18.2 Å². The summed E-state index contributed by atoms with van der Waals surface area (Å²) in [5.41, 5.74) is 2.13. The Hall–Kier alpha value is -1.02. The molecule has 2 N–H and O–H groups in total. The third-order valence-electron chi connectivity index (χ3n) is 4.33. The molecule has 1 aromatic carbocycles. The number of rotatable bonds is 5. The van der Waals surface area contributed by atoms with Crippen LogP contribution in [0.3, 0.4) is 0 Å². The first-order valence-electron chi connectivity index (χ1n) is 7.78. The monoisotopic (exact) mass is 261 g/mol. The van der Waals surface area contributed by atoms with E-state index in [0.717, 1.165) is 17.2 Å². The zero-order chi connectivity index (χ0) is 13.5. The Morgan fingerprint density at radius 2 is 2.00 bits per heavy atom. The van der Waals surface area contributed by atoms with Gasteiger partial charge in [0.15, 0.2) is 0 Å². The zero-order valence-electron chi connectivity index (χ0n) is 12.1. The average Bonchev–Trinajstić information content (AvgIpc) is 2.66. The summed E-state index contributed by atoms with van der Waals surface area (Å²) in [6.07, 6.45) is 9.32. The minimum absolute atomic E-state index is 0.119. The van der Waals surface area contributed by atoms with Gasteiger partial charge >= 0.3 is 0 Å². The number of hydrogen-bond donors (Lipinski definition) is 2. The number of aliphatic hydroxyl groups is 1. The lowest BCUT2D eigenvalue weighted by Crippen LogP contribution is -2.19. The number of hydrogen-bond acceptors (Lipinski definition) is 2. The highest BCUT2D eigenvalue weighted by molar-refractivity contribution is 5.51. The second-order valence-corrected chi connectivity index (χ2v) is 5.82. The number of nitrogens with one attached hydrogen (secondary N) is 1. The van der Waals surface area contributed by atoms with Crippen molar-refractivity contribution in [1.29, 1.82) is 0 Å². The van der Waals surface area contributed by atoms with Crippen LogP contribution in [0.2, 0.25) is 0 Å². The molecule has 2 nitrogen and oxygen atoms in total. The van der Waals surface area contributed by atoms with E-state index < -0.39 is 0 Å². The van der Waals surface area contributed by atoms with Gasteiger partial charge in [-0.1, -0.05) is 50.8 Å². The summed E-state index contributed by atoms with van der Waals surface area (Å²) < 4.78 is 0. The van der Waals surface area contributed by atoms with E-state index in [2.05, 4.69) is 18.3 Å². The predicted molar refractivity (Wildman–Crippen MR) is 81.3 cm³/mol. The molecule has 2 unspecified atom stereocenters. The standard InChI is InChI=1S/C17H27NO/c1-2-6-14-7-5-9-16(12-11-14)18-17-10-4-3-8-15(17)13-19/h3-4,8,10,14,16,18-19H,2,5-7,9,11-13H2,1H3. The Morgan fingerprint density at radius 1 is 1.16 bits per heavy atom. The van der Waals surface area contributed by atoms with Crippen LogP contribution >= 0.6 is 0 Å². The number of aliphatic hydroxyl groups excluding tert-OH is 1. The van der Waals surface area contributed by atoms with Crippen LogP contribution in [-0.4, -0.2) is 11.1 Å². The molecule has 0 aliphatic heterocycles. The van der Waals surface area contributed by atoms with Crippen molar-refractivity contribution in [3.63, 3.8) is 0 Å². The van der Waals surface area contributed by atoms with Gasteiger partial charge in [-0.05, 0) is 31.2 Å². The van der Waals surface area contributed by atoms with Crippen LogP contribution in [0.4, 0.5) is 5.69 Å². The van der Waals surface area contributed by atoms with Gasteiger partial charge in [0.05, 0.1) is 6.61 Å². The van der Waals surface area contributed by atoms with Gasteiger partial charge in [-0.2, -0.15) is 0 Å². The van der Waals surface area contributed by atoms with Crippen LogP contribution in [-0.2, 0) is 6.61 Å². The highest BCUT2D eigenvalue weighted by atomic mass is 16.3. The molecule has 0 bridgehead atoms. The fourth-order valence-electron chi connectivity index (χ4n) is 3.24. The molecule has 0 heterocycles. The van der Waals surface area contributed by atoms with Crippen LogP contribution in [0.1, 0.15) is 57.4 Å². The largest absolute Gasteiger partial charge is 0.392 e. The smallest absolute Gasteiger partial charge is 0.0701 e. The van der Waals surface area contributed by atoms with Gasteiger partial charge in [-0.25, -0.2) is 0 Å². The molecule has 1 aromatic rings. The topological polar surface area (TPSA) is 32.3 Å². The molecule has 1 fully saturated rings. The lowest BCUT2D eigenvalue weighted by molar-refractivity contribution is 0.282. The summed E-state index contributed by atoms with van der Waals surface area (Å²) in [5.74, 6) is 0.935. The number of anilines is 1. The van der Waals surface area contributed by atoms with E-state index in [1.165, 1.54) is 44.9 Å². The third kappa shape index (κ3) is 4.24. The molecule has 1 aliphatic rings. The van der Waals surface area contributed by atoms with E-state index in [0.29, 0.717) is 6.04 Å². The molecule has 106 valence electrons. The van der Waals surface area contributed by atoms with Crippen LogP contribution in [0.25, 0.3) is 0 Å². The maximum absolute atomic E-state index is 9.38. The molecule has 0 radical (unpaired) electrons. The Morgan fingerprint density at radius 3 is 2.79 bits per heavy atom. The van der Waals surface area contributed by atoms with Crippen molar-refractivity contribution >= 4 is 5.69 Å². The summed E-state index contributed by atoms with van der Waals surface area (Å²) in [7, 11) is 0. The summed E-state index contributed by atoms with van der Waals surface area (Å²) in [5, 5.41) is 13.0. The van der Waals surface area contributed by atoms with Crippen LogP contribution in [0, 0.1) is 5.92 Å². The Labute approximate surface area is 117 Å². The van der Waals surface area contributed by atoms with Gasteiger partial charge in [0.25, 0.3) is 0 Å². The summed E-state index contributed by atoms with van der Waals surface area (Å²) in [6.45, 7) is 2.41. The van der Waals surface area contributed by atoms with Crippen molar-refractivity contribution < 1.29 is 5.11 Å². The molecule has 2 rings (SSSR count). The number of para-hydroxylation sites is 1. The molecule has 2 atom stereocenters. The Kier molecular flexibility index (Phi) is 5.71. The molecular weight excluding hydrogens is 234 g/mol. The van der Waals surface area contributed by atoms with Gasteiger partial charge in [0.1, 0.15) is 0 Å². The highest BCUT2D eigenvalue weighted by Gasteiger charge is 2.18. The van der Waals surface area contributed by atoms with Crippen molar-refractivity contribution in [1.82, 2.24) is 0 Å². The summed E-state index contributed by atoms with van der Waals surface area (Å²) in [6, 6.07) is 8.69. The quantitative estimate of drug-likeness (QED) is 0.773. The van der Waals surface area contributed by atoms with Crippen molar-refractivity contribution in [2.75, 3.05) is 5.32 Å². The van der Waals surface area contributed by atoms with Crippen molar-refractivity contribution in [3.8, 4) is 0 Å². The highest BCUT2D eigenvalue weighted by Crippen LogP contribution is 2.29. The van der Waals surface area contributed by atoms with Gasteiger partial charge in [0, 0.05) is 17.3 Å². The molecule has 2 heteroatoms. The van der Waals surface area contributed by atoms with Crippen molar-refractivity contribution in [2.45, 2.75) is 64.5 Å². The fourth-order valence-corrected chi connectivity index (χ4v) is 3.24. The second-order valence-electron chi connectivity index (χ2n) is 5.82. The first-order chi connectivity index (χ1) is 9.33. The van der Waals surface area contributed by atoms with Crippen molar-refractivity contribution in [3.05, 3.63) is 29.8 Å². The molecule has 0 saturated heterocycles. The SMILES string of the molecule is CCCC1CCCC(Nc2ccccc2CO)CC1. The first kappa shape index (κ1) is 14.4.